The van der Waals surface area contributed by atoms with E-state index in [-0.39, 0.29) is 22.2 Å². The zero-order valence-corrected chi connectivity index (χ0v) is 11.6. The number of carbonyl (C=O) groups is 1. The number of carbonyl (C=O) groups excluding carboxylic acids is 1. The highest BCUT2D eigenvalue weighted by molar-refractivity contribution is 6.32. The lowest BCUT2D eigenvalue weighted by Gasteiger charge is -2.07. The molecule has 1 heterocycles. The number of aromatic nitrogens is 1. The van der Waals surface area contributed by atoms with Crippen LogP contribution in [-0.2, 0) is 0 Å². The molecular weight excluding hydrogens is 298 g/mol. The third kappa shape index (κ3) is 3.26. The zero-order chi connectivity index (χ0) is 15.4. The number of hydrogen-bond donors (Lipinski definition) is 1. The van der Waals surface area contributed by atoms with Crippen molar-refractivity contribution >= 4 is 28.9 Å². The van der Waals surface area contributed by atoms with E-state index in [0.717, 1.165) is 6.07 Å². The van der Waals surface area contributed by atoms with Gasteiger partial charge in [-0.25, -0.2) is 4.98 Å². The second-order valence-electron chi connectivity index (χ2n) is 3.94. The van der Waals surface area contributed by atoms with Crippen molar-refractivity contribution in [3.05, 3.63) is 57.4 Å². The van der Waals surface area contributed by atoms with Gasteiger partial charge in [-0.15, -0.1) is 0 Å². The Hall–Kier alpha value is -2.67. The van der Waals surface area contributed by atoms with Gasteiger partial charge in [0.1, 0.15) is 0 Å². The Morgan fingerprint density at radius 1 is 1.43 bits per heavy atom. The van der Waals surface area contributed by atoms with E-state index in [1.165, 1.54) is 25.4 Å². The number of benzene rings is 1. The molecule has 0 saturated carbocycles. The normalized spacial score (nSPS) is 10.0. The van der Waals surface area contributed by atoms with Crippen LogP contribution in [-0.4, -0.2) is 22.9 Å². The lowest BCUT2D eigenvalue weighted by Crippen LogP contribution is -2.13. The molecule has 0 aliphatic heterocycles. The summed E-state index contributed by atoms with van der Waals surface area (Å²) in [7, 11) is 1.32. The summed E-state index contributed by atoms with van der Waals surface area (Å²) in [6.07, 6.45) is 1.48. The molecular formula is C13H10ClN3O4. The van der Waals surface area contributed by atoms with Crippen LogP contribution in [0.25, 0.3) is 0 Å². The molecule has 2 rings (SSSR count). The largest absolute Gasteiger partial charge is 0.490 e. The first kappa shape index (κ1) is 14.7. The van der Waals surface area contributed by atoms with E-state index in [4.69, 9.17) is 16.3 Å². The molecule has 0 aliphatic rings. The van der Waals surface area contributed by atoms with Crippen LogP contribution in [0.1, 0.15) is 10.4 Å². The van der Waals surface area contributed by atoms with E-state index in [9.17, 15) is 14.9 Å². The molecule has 0 bridgehead atoms. The Morgan fingerprint density at radius 2 is 2.19 bits per heavy atom. The Labute approximate surface area is 124 Å². The highest BCUT2D eigenvalue weighted by atomic mass is 35.5. The van der Waals surface area contributed by atoms with Gasteiger partial charge < -0.3 is 10.1 Å². The van der Waals surface area contributed by atoms with Crippen molar-refractivity contribution in [3.63, 3.8) is 0 Å². The topological polar surface area (TPSA) is 94.4 Å². The number of methoxy groups -OCH3 is 1. The van der Waals surface area contributed by atoms with Crippen molar-refractivity contribution in [2.75, 3.05) is 12.4 Å². The number of anilines is 1. The van der Waals surface area contributed by atoms with E-state index in [2.05, 4.69) is 10.3 Å². The van der Waals surface area contributed by atoms with Crippen molar-refractivity contribution in [1.29, 1.82) is 0 Å². The molecule has 2 aromatic rings. The number of nitrogens with zero attached hydrogens (tertiary/aromatic N) is 2. The van der Waals surface area contributed by atoms with Gasteiger partial charge in [-0.05, 0) is 24.3 Å². The molecule has 8 heteroatoms. The first-order valence-corrected chi connectivity index (χ1v) is 6.15. The monoisotopic (exact) mass is 307 g/mol. The summed E-state index contributed by atoms with van der Waals surface area (Å²) in [5.74, 6) is -0.452. The van der Waals surface area contributed by atoms with Crippen LogP contribution in [0.2, 0.25) is 5.15 Å². The van der Waals surface area contributed by atoms with Crippen molar-refractivity contribution in [2.24, 2.45) is 0 Å². The highest BCUT2D eigenvalue weighted by Crippen LogP contribution is 2.28. The molecule has 0 fully saturated rings. The minimum atomic E-state index is -0.618. The number of pyridine rings is 1. The summed E-state index contributed by atoms with van der Waals surface area (Å²) in [5.41, 5.74) is 0.146. The van der Waals surface area contributed by atoms with Crippen molar-refractivity contribution in [1.82, 2.24) is 4.98 Å². The molecule has 1 amide bonds. The lowest BCUT2D eigenvalue weighted by molar-refractivity contribution is -0.385. The second-order valence-corrected chi connectivity index (χ2v) is 4.30. The lowest BCUT2D eigenvalue weighted by atomic mass is 10.1. The molecule has 1 N–H and O–H groups in total. The summed E-state index contributed by atoms with van der Waals surface area (Å²) in [5, 5.41) is 13.6. The van der Waals surface area contributed by atoms with Gasteiger partial charge in [-0.3, -0.25) is 14.9 Å². The SMILES string of the molecule is COc1ccc(C(=O)Nc2cccnc2Cl)cc1[N+](=O)[O-]. The Balaban J connectivity index is 2.30. The Bertz CT molecular complexity index is 706. The van der Waals surface area contributed by atoms with Gasteiger partial charge in [-0.2, -0.15) is 0 Å². The molecule has 0 saturated heterocycles. The number of nitro groups is 1. The maximum Gasteiger partial charge on any atom is 0.311 e. The average Bonchev–Trinajstić information content (AvgIpc) is 2.48. The molecule has 1 aromatic heterocycles. The van der Waals surface area contributed by atoms with Crippen molar-refractivity contribution in [2.45, 2.75) is 0 Å². The summed E-state index contributed by atoms with van der Waals surface area (Å²) in [6, 6.07) is 7.10. The number of rotatable bonds is 4. The first-order valence-electron chi connectivity index (χ1n) is 5.77. The fourth-order valence-corrected chi connectivity index (χ4v) is 1.81. The van der Waals surface area contributed by atoms with E-state index >= 15 is 0 Å². The fourth-order valence-electron chi connectivity index (χ4n) is 1.65. The molecule has 0 spiro atoms. The number of halogens is 1. The average molecular weight is 308 g/mol. The third-order valence-corrected chi connectivity index (χ3v) is 2.95. The van der Waals surface area contributed by atoms with Gasteiger partial charge in [0, 0.05) is 17.8 Å². The van der Waals surface area contributed by atoms with Gasteiger partial charge in [-0.1, -0.05) is 11.6 Å². The van der Waals surface area contributed by atoms with E-state index in [1.807, 2.05) is 0 Å². The molecule has 0 aliphatic carbocycles. The highest BCUT2D eigenvalue weighted by Gasteiger charge is 2.18. The van der Waals surface area contributed by atoms with Gasteiger partial charge in [0.15, 0.2) is 10.9 Å². The molecule has 0 unspecified atom stereocenters. The Kier molecular flexibility index (Phi) is 4.34. The number of nitrogens with one attached hydrogen (secondary N) is 1. The maximum atomic E-state index is 12.1. The predicted molar refractivity (Wildman–Crippen MR) is 76.8 cm³/mol. The van der Waals surface area contributed by atoms with Crippen LogP contribution in [0.3, 0.4) is 0 Å². The number of amides is 1. The zero-order valence-electron chi connectivity index (χ0n) is 10.9. The van der Waals surface area contributed by atoms with E-state index in [0.29, 0.717) is 5.69 Å². The molecule has 7 nitrogen and oxygen atoms in total. The minimum absolute atomic E-state index is 0.0796. The van der Waals surface area contributed by atoms with E-state index in [1.54, 1.807) is 12.1 Å². The molecule has 0 radical (unpaired) electrons. The van der Waals surface area contributed by atoms with Crippen LogP contribution in [0.4, 0.5) is 11.4 Å². The second kappa shape index (κ2) is 6.19. The predicted octanol–water partition coefficient (Wildman–Crippen LogP) is 2.90. The fraction of sp³-hybridized carbons (Fsp3) is 0.0769. The third-order valence-electron chi connectivity index (χ3n) is 2.65. The molecule has 1 aromatic carbocycles. The number of ether oxygens (including phenoxy) is 1. The van der Waals surface area contributed by atoms with Gasteiger partial charge in [0.05, 0.1) is 17.7 Å². The summed E-state index contributed by atoms with van der Waals surface area (Å²) in [6.45, 7) is 0. The van der Waals surface area contributed by atoms with Crippen molar-refractivity contribution in [3.8, 4) is 5.75 Å². The van der Waals surface area contributed by atoms with Crippen LogP contribution in [0.5, 0.6) is 5.75 Å². The molecule has 21 heavy (non-hydrogen) atoms. The molecule has 0 atom stereocenters. The van der Waals surface area contributed by atoms with Crippen LogP contribution in [0.15, 0.2) is 36.5 Å². The standard InChI is InChI=1S/C13H10ClN3O4/c1-21-11-5-4-8(7-10(11)17(19)20)13(18)16-9-3-2-6-15-12(9)14/h2-7H,1H3,(H,16,18). The first-order chi connectivity index (χ1) is 10.0. The van der Waals surface area contributed by atoms with Gasteiger partial charge >= 0.3 is 5.69 Å². The smallest absolute Gasteiger partial charge is 0.311 e. The van der Waals surface area contributed by atoms with Crippen LogP contribution < -0.4 is 10.1 Å². The number of nitro benzene ring substituents is 1. The quantitative estimate of drug-likeness (QED) is 0.532. The van der Waals surface area contributed by atoms with Crippen molar-refractivity contribution < 1.29 is 14.5 Å². The summed E-state index contributed by atoms with van der Waals surface area (Å²) in [4.78, 5) is 26.2. The maximum absolute atomic E-state index is 12.1. The minimum Gasteiger partial charge on any atom is -0.490 e. The summed E-state index contributed by atoms with van der Waals surface area (Å²) < 4.78 is 4.87. The van der Waals surface area contributed by atoms with E-state index < -0.39 is 10.8 Å². The number of hydrogen-bond acceptors (Lipinski definition) is 5. The Morgan fingerprint density at radius 3 is 2.81 bits per heavy atom. The van der Waals surface area contributed by atoms with Crippen LogP contribution >= 0.6 is 11.6 Å². The van der Waals surface area contributed by atoms with Gasteiger partial charge in [0.2, 0.25) is 0 Å². The van der Waals surface area contributed by atoms with Gasteiger partial charge in [0.25, 0.3) is 5.91 Å². The summed E-state index contributed by atoms with van der Waals surface area (Å²) >= 11 is 5.83. The van der Waals surface area contributed by atoms with Crippen LogP contribution in [0, 0.1) is 10.1 Å². The molecule has 108 valence electrons.